The van der Waals surface area contributed by atoms with Gasteiger partial charge in [-0.25, -0.2) is 12.7 Å². The van der Waals surface area contributed by atoms with Gasteiger partial charge in [0.15, 0.2) is 0 Å². The number of sulfonamides is 1. The topological polar surface area (TPSA) is 66.9 Å². The van der Waals surface area contributed by atoms with Crippen molar-refractivity contribution in [3.8, 4) is 0 Å². The highest BCUT2D eigenvalue weighted by Gasteiger charge is 2.20. The molecule has 6 nitrogen and oxygen atoms in total. The number of methoxy groups -OCH3 is 1. The molecule has 0 bridgehead atoms. The fourth-order valence-electron chi connectivity index (χ4n) is 2.48. The van der Waals surface area contributed by atoms with Gasteiger partial charge < -0.3 is 9.64 Å². The number of amides is 1. The van der Waals surface area contributed by atoms with E-state index in [1.807, 2.05) is 38.1 Å². The van der Waals surface area contributed by atoms with E-state index in [0.29, 0.717) is 26.1 Å². The summed E-state index contributed by atoms with van der Waals surface area (Å²) in [5.41, 5.74) is 1.92. The Hall–Kier alpha value is -1.44. The van der Waals surface area contributed by atoms with E-state index >= 15 is 0 Å². The minimum Gasteiger partial charge on any atom is -0.385 e. The molecule has 0 saturated heterocycles. The summed E-state index contributed by atoms with van der Waals surface area (Å²) >= 11 is 0. The monoisotopic (exact) mass is 356 g/mol. The third kappa shape index (κ3) is 6.59. The van der Waals surface area contributed by atoms with Crippen molar-refractivity contribution in [3.63, 3.8) is 0 Å². The van der Waals surface area contributed by atoms with Crippen LogP contribution < -0.4 is 4.90 Å². The summed E-state index contributed by atoms with van der Waals surface area (Å²) in [6.45, 7) is 5.46. The number of ether oxygens (including phenoxy) is 1. The lowest BCUT2D eigenvalue weighted by Crippen LogP contribution is -2.37. The molecule has 0 heterocycles. The van der Waals surface area contributed by atoms with Gasteiger partial charge >= 0.3 is 0 Å². The molecule has 1 aromatic carbocycles. The number of aryl methyl sites for hydroxylation is 1. The van der Waals surface area contributed by atoms with Gasteiger partial charge in [0.1, 0.15) is 0 Å². The summed E-state index contributed by atoms with van der Waals surface area (Å²) in [6.07, 6.45) is 1.93. The summed E-state index contributed by atoms with van der Waals surface area (Å²) in [5.74, 6) is -0.0801. The van der Waals surface area contributed by atoms with Gasteiger partial charge in [0, 0.05) is 45.5 Å². The zero-order valence-electron chi connectivity index (χ0n) is 15.0. The van der Waals surface area contributed by atoms with Gasteiger partial charge in [-0.1, -0.05) is 12.1 Å². The summed E-state index contributed by atoms with van der Waals surface area (Å²) in [4.78, 5) is 14.2. The van der Waals surface area contributed by atoms with Gasteiger partial charge in [0.25, 0.3) is 0 Å². The number of benzene rings is 1. The molecule has 0 aromatic heterocycles. The standard InChI is InChI=1S/C17H28N2O4S/c1-5-19(16-9-6-8-15(2)14-16)17(20)10-12-18(24(4,21)22)11-7-13-23-3/h6,8-9,14H,5,7,10-13H2,1-4H3. The van der Waals surface area contributed by atoms with Crippen LogP contribution >= 0.6 is 0 Å². The molecule has 0 fully saturated rings. The molecule has 0 aliphatic rings. The number of rotatable bonds is 10. The smallest absolute Gasteiger partial charge is 0.228 e. The Labute approximate surface area is 145 Å². The van der Waals surface area contributed by atoms with Crippen LogP contribution in [0, 0.1) is 6.92 Å². The van der Waals surface area contributed by atoms with Crippen LogP contribution in [-0.4, -0.2) is 58.2 Å². The van der Waals surface area contributed by atoms with E-state index in [4.69, 9.17) is 4.74 Å². The van der Waals surface area contributed by atoms with Crippen molar-refractivity contribution >= 4 is 21.6 Å². The van der Waals surface area contributed by atoms with Crippen LogP contribution in [0.2, 0.25) is 0 Å². The van der Waals surface area contributed by atoms with Gasteiger partial charge in [0.05, 0.1) is 6.26 Å². The second kappa shape index (κ2) is 9.76. The molecule has 136 valence electrons. The lowest BCUT2D eigenvalue weighted by molar-refractivity contribution is -0.118. The van der Waals surface area contributed by atoms with Gasteiger partial charge in [-0.3, -0.25) is 4.79 Å². The minimum atomic E-state index is -3.34. The molecule has 7 heteroatoms. The van der Waals surface area contributed by atoms with Crippen LogP contribution in [0.5, 0.6) is 0 Å². The van der Waals surface area contributed by atoms with Gasteiger partial charge in [-0.05, 0) is 38.0 Å². The van der Waals surface area contributed by atoms with Gasteiger partial charge in [-0.15, -0.1) is 0 Å². The largest absolute Gasteiger partial charge is 0.385 e. The molecule has 0 radical (unpaired) electrons. The first kappa shape index (κ1) is 20.6. The second-order valence-electron chi connectivity index (χ2n) is 5.74. The first-order valence-electron chi connectivity index (χ1n) is 8.10. The summed E-state index contributed by atoms with van der Waals surface area (Å²) in [5, 5.41) is 0. The number of carbonyl (C=O) groups is 1. The summed E-state index contributed by atoms with van der Waals surface area (Å²) < 4.78 is 30.0. The highest BCUT2D eigenvalue weighted by Crippen LogP contribution is 2.17. The predicted molar refractivity (Wildman–Crippen MR) is 96.7 cm³/mol. The van der Waals surface area contributed by atoms with Crippen molar-refractivity contribution in [3.05, 3.63) is 29.8 Å². The van der Waals surface area contributed by atoms with E-state index in [2.05, 4.69) is 0 Å². The van der Waals surface area contributed by atoms with Gasteiger partial charge in [-0.2, -0.15) is 0 Å². The third-order valence-corrected chi connectivity index (χ3v) is 5.03. The Morgan fingerprint density at radius 3 is 2.50 bits per heavy atom. The number of hydrogen-bond acceptors (Lipinski definition) is 4. The highest BCUT2D eigenvalue weighted by molar-refractivity contribution is 7.88. The van der Waals surface area contributed by atoms with Crippen molar-refractivity contribution in [1.82, 2.24) is 4.31 Å². The summed E-state index contributed by atoms with van der Waals surface area (Å²) in [7, 11) is -1.76. The normalized spacial score (nSPS) is 11.7. The molecule has 1 aromatic rings. The number of hydrogen-bond donors (Lipinski definition) is 0. The fraction of sp³-hybridized carbons (Fsp3) is 0.588. The first-order valence-corrected chi connectivity index (χ1v) is 9.95. The number of carbonyl (C=O) groups excluding carboxylic acids is 1. The van der Waals surface area contributed by atoms with Crippen LogP contribution in [0.4, 0.5) is 5.69 Å². The zero-order valence-corrected chi connectivity index (χ0v) is 15.8. The van der Waals surface area contributed by atoms with Crippen molar-refractivity contribution in [2.45, 2.75) is 26.7 Å². The lowest BCUT2D eigenvalue weighted by atomic mass is 10.2. The van der Waals surface area contributed by atoms with Gasteiger partial charge in [0.2, 0.25) is 15.9 Å². The minimum absolute atomic E-state index is 0.0801. The number of anilines is 1. The molecule has 1 rings (SSSR count). The molecule has 0 atom stereocenters. The van der Waals surface area contributed by atoms with E-state index in [0.717, 1.165) is 11.3 Å². The average Bonchev–Trinajstić information content (AvgIpc) is 2.50. The van der Waals surface area contributed by atoms with Crippen LogP contribution in [0.3, 0.4) is 0 Å². The van der Waals surface area contributed by atoms with Crippen molar-refractivity contribution < 1.29 is 17.9 Å². The molecular weight excluding hydrogens is 328 g/mol. The Balaban J connectivity index is 2.72. The van der Waals surface area contributed by atoms with Crippen molar-refractivity contribution in [1.29, 1.82) is 0 Å². The Morgan fingerprint density at radius 2 is 1.96 bits per heavy atom. The predicted octanol–water partition coefficient (Wildman–Crippen LogP) is 2.04. The van der Waals surface area contributed by atoms with E-state index in [1.165, 1.54) is 10.6 Å². The van der Waals surface area contributed by atoms with Crippen LogP contribution in [0.25, 0.3) is 0 Å². The van der Waals surface area contributed by atoms with E-state index in [1.54, 1.807) is 12.0 Å². The molecule has 24 heavy (non-hydrogen) atoms. The number of nitrogens with zero attached hydrogens (tertiary/aromatic N) is 2. The molecular formula is C17H28N2O4S. The van der Waals surface area contributed by atoms with Crippen LogP contribution in [0.15, 0.2) is 24.3 Å². The SMILES string of the molecule is CCN(C(=O)CCN(CCCOC)S(C)(=O)=O)c1cccc(C)c1. The first-order chi connectivity index (χ1) is 11.3. The Bertz CT molecular complexity index is 631. The average molecular weight is 356 g/mol. The second-order valence-corrected chi connectivity index (χ2v) is 7.72. The van der Waals surface area contributed by atoms with Crippen LogP contribution in [-0.2, 0) is 19.6 Å². The van der Waals surface area contributed by atoms with E-state index in [9.17, 15) is 13.2 Å². The molecule has 1 amide bonds. The molecule has 0 aliphatic heterocycles. The van der Waals surface area contributed by atoms with Crippen LogP contribution in [0.1, 0.15) is 25.3 Å². The van der Waals surface area contributed by atoms with E-state index in [-0.39, 0.29) is 18.9 Å². The maximum Gasteiger partial charge on any atom is 0.228 e. The maximum atomic E-state index is 12.5. The fourth-order valence-corrected chi connectivity index (χ4v) is 3.37. The van der Waals surface area contributed by atoms with Crippen molar-refractivity contribution in [2.75, 3.05) is 44.5 Å². The third-order valence-electron chi connectivity index (χ3n) is 3.73. The molecule has 0 unspecified atom stereocenters. The Kier molecular flexibility index (Phi) is 8.38. The molecule has 0 saturated carbocycles. The highest BCUT2D eigenvalue weighted by atomic mass is 32.2. The molecule has 0 N–H and O–H groups in total. The summed E-state index contributed by atoms with van der Waals surface area (Å²) in [6, 6.07) is 7.73. The lowest BCUT2D eigenvalue weighted by Gasteiger charge is -2.24. The maximum absolute atomic E-state index is 12.5. The molecule has 0 spiro atoms. The quantitative estimate of drug-likeness (QED) is 0.602. The molecule has 0 aliphatic carbocycles. The Morgan fingerprint density at radius 1 is 1.25 bits per heavy atom. The zero-order chi connectivity index (χ0) is 18.2. The van der Waals surface area contributed by atoms with E-state index < -0.39 is 10.0 Å². The van der Waals surface area contributed by atoms with Crippen molar-refractivity contribution in [2.24, 2.45) is 0 Å².